The lowest BCUT2D eigenvalue weighted by molar-refractivity contribution is -0.131. The fourth-order valence-corrected chi connectivity index (χ4v) is 5.73. The number of nitrogens with two attached hydrogens (primary N) is 1. The number of likely N-dealkylation sites (N-methyl/N-ethyl adjacent to an activating group) is 1. The molecule has 1 amide bonds. The summed E-state index contributed by atoms with van der Waals surface area (Å²) in [4.78, 5) is 24.9. The van der Waals surface area contributed by atoms with E-state index in [2.05, 4.69) is 26.9 Å². The minimum Gasteiger partial charge on any atom is -0.491 e. The fourth-order valence-electron chi connectivity index (χ4n) is 5.73. The van der Waals surface area contributed by atoms with Gasteiger partial charge < -0.3 is 25.0 Å². The molecule has 3 atom stereocenters. The molecule has 0 unspecified atom stereocenters. The number of fused-ring (bicyclic) bond motifs is 1. The van der Waals surface area contributed by atoms with Crippen molar-refractivity contribution in [2.45, 2.75) is 32.4 Å². The smallest absolute Gasteiger partial charge is 0.219 e. The molecule has 1 fully saturated rings. The molecular weight excluding hydrogens is 544 g/mol. The molecule has 4 aromatic rings. The Bertz CT molecular complexity index is 1540. The van der Waals surface area contributed by atoms with E-state index in [0.29, 0.717) is 37.5 Å². The molecule has 222 valence electrons. The van der Waals surface area contributed by atoms with Gasteiger partial charge in [0.1, 0.15) is 29.8 Å². The Morgan fingerprint density at radius 1 is 1.14 bits per heavy atom. The van der Waals surface area contributed by atoms with Gasteiger partial charge in [-0.25, -0.2) is 18.3 Å². The fraction of sp³-hybridized carbons (Fsp3) is 0.400. The lowest BCUT2D eigenvalue weighted by atomic mass is 9.88. The second-order valence-electron chi connectivity index (χ2n) is 10.7. The first-order valence-electron chi connectivity index (χ1n) is 13.8. The van der Waals surface area contributed by atoms with E-state index >= 15 is 8.78 Å². The highest BCUT2D eigenvalue weighted by Crippen LogP contribution is 2.31. The van der Waals surface area contributed by atoms with Crippen molar-refractivity contribution in [2.24, 2.45) is 11.7 Å². The van der Waals surface area contributed by atoms with Crippen molar-refractivity contribution in [3.63, 3.8) is 0 Å². The number of hydrogen-bond acceptors (Lipinski definition) is 8. The number of imidazole rings is 1. The molecule has 10 nitrogen and oxygen atoms in total. The van der Waals surface area contributed by atoms with E-state index in [1.54, 1.807) is 54.1 Å². The number of carbonyl (C=O) groups excluding carboxylic acids is 1. The lowest BCUT2D eigenvalue weighted by Crippen LogP contribution is -2.62. The van der Waals surface area contributed by atoms with Crippen molar-refractivity contribution in [3.8, 4) is 17.0 Å². The molecule has 0 saturated carbocycles. The average molecular weight is 580 g/mol. The summed E-state index contributed by atoms with van der Waals surface area (Å²) in [6.45, 7) is 5.40. The third-order valence-electron chi connectivity index (χ3n) is 7.75. The van der Waals surface area contributed by atoms with Gasteiger partial charge in [-0.3, -0.25) is 9.78 Å². The van der Waals surface area contributed by atoms with Crippen LogP contribution in [0.2, 0.25) is 0 Å². The largest absolute Gasteiger partial charge is 0.491 e. The maximum absolute atomic E-state index is 15.1. The number of amides is 1. The van der Waals surface area contributed by atoms with Crippen LogP contribution in [0.25, 0.3) is 16.8 Å². The number of pyridine rings is 1. The molecule has 1 aliphatic heterocycles. The molecule has 1 saturated heterocycles. The molecule has 42 heavy (non-hydrogen) atoms. The quantitative estimate of drug-likeness (QED) is 0.301. The van der Waals surface area contributed by atoms with E-state index in [1.165, 1.54) is 7.11 Å². The number of rotatable bonds is 9. The Labute approximate surface area is 243 Å². The summed E-state index contributed by atoms with van der Waals surface area (Å²) < 4.78 is 42.0. The first kappa shape index (κ1) is 29.3. The second kappa shape index (κ2) is 12.4. The van der Waals surface area contributed by atoms with Crippen LogP contribution in [0.5, 0.6) is 5.75 Å². The standard InChI is InChI=1S/C30H35F2N7O3/c1-18-16-38(17-25(33)30(18)37(3)19(2)40)27-7-8-34-14-20(27)11-28-35-15-21-5-6-26(36-39(21)28)29-23(31)12-22(13-24(29)32)42-10-9-41-4/h5-8,12-15,18,25,30H,9-11,16-17,33H2,1-4H3/t18-,25+,30-/m0/s1. The Balaban J connectivity index is 1.42. The van der Waals surface area contributed by atoms with E-state index in [0.717, 1.165) is 23.4 Å². The van der Waals surface area contributed by atoms with Crippen molar-refractivity contribution in [2.75, 3.05) is 45.4 Å². The summed E-state index contributed by atoms with van der Waals surface area (Å²) >= 11 is 0. The second-order valence-corrected chi connectivity index (χ2v) is 10.7. The predicted molar refractivity (Wildman–Crippen MR) is 154 cm³/mol. The van der Waals surface area contributed by atoms with Crippen LogP contribution in [-0.4, -0.2) is 82.9 Å². The van der Waals surface area contributed by atoms with Crippen molar-refractivity contribution < 1.29 is 23.0 Å². The highest BCUT2D eigenvalue weighted by atomic mass is 19.1. The Morgan fingerprint density at radius 3 is 2.60 bits per heavy atom. The first-order valence-corrected chi connectivity index (χ1v) is 13.8. The zero-order valence-electron chi connectivity index (χ0n) is 24.1. The summed E-state index contributed by atoms with van der Waals surface area (Å²) in [7, 11) is 3.31. The zero-order valence-corrected chi connectivity index (χ0v) is 24.1. The number of ether oxygens (including phenoxy) is 2. The third kappa shape index (κ3) is 5.90. The van der Waals surface area contributed by atoms with Gasteiger partial charge in [0.25, 0.3) is 0 Å². The highest BCUT2D eigenvalue weighted by molar-refractivity contribution is 5.73. The average Bonchev–Trinajstić information content (AvgIpc) is 3.34. The lowest BCUT2D eigenvalue weighted by Gasteiger charge is -2.46. The van der Waals surface area contributed by atoms with E-state index in [4.69, 9.17) is 15.2 Å². The number of anilines is 1. The molecule has 12 heteroatoms. The summed E-state index contributed by atoms with van der Waals surface area (Å²) in [5.74, 6) is -0.772. The van der Waals surface area contributed by atoms with Crippen LogP contribution in [-0.2, 0) is 16.0 Å². The predicted octanol–water partition coefficient (Wildman–Crippen LogP) is 3.32. The number of methoxy groups -OCH3 is 1. The van der Waals surface area contributed by atoms with Gasteiger partial charge in [0.2, 0.25) is 5.91 Å². The van der Waals surface area contributed by atoms with Crippen LogP contribution in [0.1, 0.15) is 25.2 Å². The molecule has 0 spiro atoms. The Kier molecular flexibility index (Phi) is 8.64. The van der Waals surface area contributed by atoms with E-state index in [9.17, 15) is 4.79 Å². The summed E-state index contributed by atoms with van der Waals surface area (Å²) in [6, 6.07) is 7.21. The van der Waals surface area contributed by atoms with E-state index in [1.807, 2.05) is 6.07 Å². The van der Waals surface area contributed by atoms with E-state index < -0.39 is 11.6 Å². The Hall–Kier alpha value is -4.16. The van der Waals surface area contributed by atoms with Gasteiger partial charge in [-0.2, -0.15) is 5.10 Å². The van der Waals surface area contributed by atoms with Crippen molar-refractivity contribution in [3.05, 3.63) is 71.9 Å². The number of halogens is 2. The maximum atomic E-state index is 15.1. The van der Waals surface area contributed by atoms with Crippen LogP contribution in [0.4, 0.5) is 14.5 Å². The van der Waals surface area contributed by atoms with Crippen molar-refractivity contribution in [1.29, 1.82) is 0 Å². The number of aromatic nitrogens is 4. The molecule has 5 rings (SSSR count). The first-order chi connectivity index (χ1) is 20.2. The molecule has 2 N–H and O–H groups in total. The molecule has 0 aliphatic carbocycles. The highest BCUT2D eigenvalue weighted by Gasteiger charge is 2.36. The van der Waals surface area contributed by atoms with Gasteiger partial charge in [-0.1, -0.05) is 6.92 Å². The van der Waals surface area contributed by atoms with Crippen LogP contribution < -0.4 is 15.4 Å². The van der Waals surface area contributed by atoms with Gasteiger partial charge in [-0.05, 0) is 24.1 Å². The zero-order chi connectivity index (χ0) is 30.0. The van der Waals surface area contributed by atoms with Crippen molar-refractivity contribution >= 4 is 17.1 Å². The number of carbonyl (C=O) groups is 1. The minimum absolute atomic E-state index is 0.00970. The van der Waals surface area contributed by atoms with Crippen LogP contribution >= 0.6 is 0 Å². The van der Waals surface area contributed by atoms with Gasteiger partial charge in [0, 0.05) is 82.4 Å². The van der Waals surface area contributed by atoms with E-state index in [-0.39, 0.29) is 47.5 Å². The number of nitrogens with zero attached hydrogens (tertiary/aromatic N) is 6. The monoisotopic (exact) mass is 579 g/mol. The van der Waals surface area contributed by atoms with Crippen LogP contribution in [0.3, 0.4) is 0 Å². The van der Waals surface area contributed by atoms with Crippen LogP contribution in [0, 0.1) is 17.6 Å². The van der Waals surface area contributed by atoms with Gasteiger partial charge >= 0.3 is 0 Å². The molecule has 1 aliphatic rings. The minimum atomic E-state index is -0.783. The molecule has 0 radical (unpaired) electrons. The van der Waals surface area contributed by atoms with Crippen molar-refractivity contribution in [1.82, 2.24) is 24.5 Å². The molecule has 1 aromatic carbocycles. The van der Waals surface area contributed by atoms with Gasteiger partial charge in [0.05, 0.1) is 35.6 Å². The topological polar surface area (TPSA) is 111 Å². The summed E-state index contributed by atoms with van der Waals surface area (Å²) in [5.41, 5.74) is 9.01. The Morgan fingerprint density at radius 2 is 1.90 bits per heavy atom. The molecular formula is C30H35F2N7O3. The number of piperidine rings is 1. The SMILES string of the molecule is COCCOc1cc(F)c(-c2ccc3cnc(Cc4cnccc4N4C[C@@H](N)[C@@H](N(C)C(C)=O)[C@@H](C)C4)n3n2)c(F)c1. The number of hydrogen-bond donors (Lipinski definition) is 1. The normalized spacial score (nSPS) is 18.8. The molecule has 0 bridgehead atoms. The van der Waals surface area contributed by atoms with Gasteiger partial charge in [0.15, 0.2) is 0 Å². The number of benzene rings is 1. The van der Waals surface area contributed by atoms with Crippen LogP contribution in [0.15, 0.2) is 48.9 Å². The summed E-state index contributed by atoms with van der Waals surface area (Å²) in [5, 5.41) is 4.56. The summed E-state index contributed by atoms with van der Waals surface area (Å²) in [6.07, 6.45) is 5.56. The molecule has 4 heterocycles. The molecule has 3 aromatic heterocycles. The maximum Gasteiger partial charge on any atom is 0.219 e. The van der Waals surface area contributed by atoms with Gasteiger partial charge in [-0.15, -0.1) is 0 Å². The third-order valence-corrected chi connectivity index (χ3v) is 7.75.